The summed E-state index contributed by atoms with van der Waals surface area (Å²) < 4.78 is 5.08. The lowest BCUT2D eigenvalue weighted by Crippen LogP contribution is -1.91. The van der Waals surface area contributed by atoms with Crippen LogP contribution in [0.15, 0.2) is 60.3 Å². The maximum absolute atomic E-state index is 5.26. The first-order chi connectivity index (χ1) is 9.83. The third kappa shape index (κ3) is 3.72. The minimum atomic E-state index is 0.394. The highest BCUT2D eigenvalue weighted by atomic mass is 16.6. The van der Waals surface area contributed by atoms with E-state index in [9.17, 15) is 0 Å². The number of ether oxygens (including phenoxy) is 1. The van der Waals surface area contributed by atoms with Gasteiger partial charge in [-0.3, -0.25) is 0 Å². The van der Waals surface area contributed by atoms with Gasteiger partial charge in [-0.05, 0) is 35.4 Å². The summed E-state index contributed by atoms with van der Waals surface area (Å²) in [4.78, 5) is 5.26. The lowest BCUT2D eigenvalue weighted by atomic mass is 10.1. The van der Waals surface area contributed by atoms with Crippen LogP contribution in [0.5, 0.6) is 5.75 Å². The Kier molecular flexibility index (Phi) is 4.95. The van der Waals surface area contributed by atoms with Crippen molar-refractivity contribution in [2.24, 2.45) is 5.16 Å². The number of benzene rings is 2. The van der Waals surface area contributed by atoms with Crippen molar-refractivity contribution in [3.8, 4) is 5.75 Å². The highest BCUT2D eigenvalue weighted by molar-refractivity contribution is 5.79. The van der Waals surface area contributed by atoms with Gasteiger partial charge in [-0.25, -0.2) is 0 Å². The Morgan fingerprint density at radius 1 is 1.15 bits per heavy atom. The molecule has 0 aliphatic rings. The number of rotatable bonds is 6. The summed E-state index contributed by atoms with van der Waals surface area (Å²) in [6, 6.07) is 15.3. The van der Waals surface area contributed by atoms with Crippen molar-refractivity contribution in [3.05, 3.63) is 71.8 Å². The van der Waals surface area contributed by atoms with E-state index < -0.39 is 0 Å². The first-order valence-electron chi connectivity index (χ1n) is 6.26. The maximum atomic E-state index is 5.26. The number of nitrogens with zero attached hydrogens (tertiary/aromatic N) is 1. The summed E-state index contributed by atoms with van der Waals surface area (Å²) in [5.74, 6) is 0.802. The molecule has 0 unspecified atom stereocenters. The van der Waals surface area contributed by atoms with Gasteiger partial charge < -0.3 is 9.57 Å². The van der Waals surface area contributed by atoms with Crippen LogP contribution in [-0.2, 0) is 11.4 Å². The molecule has 2 aromatic rings. The molecule has 0 saturated heterocycles. The fourth-order valence-corrected chi connectivity index (χ4v) is 1.72. The molecule has 3 heteroatoms. The Morgan fingerprint density at radius 3 is 2.60 bits per heavy atom. The lowest BCUT2D eigenvalue weighted by Gasteiger charge is -2.03. The second-order valence-electron chi connectivity index (χ2n) is 4.11. The van der Waals surface area contributed by atoms with Crippen molar-refractivity contribution >= 4 is 12.3 Å². The van der Waals surface area contributed by atoms with Crippen molar-refractivity contribution in [1.29, 1.82) is 0 Å². The summed E-state index contributed by atoms with van der Waals surface area (Å²) in [7, 11) is 1.63. The summed E-state index contributed by atoms with van der Waals surface area (Å²) in [6.07, 6.45) is 4.63. The molecular weight excluding hydrogens is 250 g/mol. The molecule has 3 nitrogen and oxygen atoms in total. The van der Waals surface area contributed by atoms with Gasteiger partial charge >= 0.3 is 0 Å². The SMILES string of the molecule is C=Cc1ccccc1CO/N=[C]\c1ccc(OC)cc1. The molecular formula is C17H16NO2. The second kappa shape index (κ2) is 7.14. The van der Waals surface area contributed by atoms with Gasteiger partial charge in [0.05, 0.1) is 7.11 Å². The molecule has 101 valence electrons. The van der Waals surface area contributed by atoms with Gasteiger partial charge in [0.1, 0.15) is 18.6 Å². The number of methoxy groups -OCH3 is 1. The minimum absolute atomic E-state index is 0.394. The lowest BCUT2D eigenvalue weighted by molar-refractivity contribution is 0.132. The van der Waals surface area contributed by atoms with E-state index in [0.29, 0.717) is 6.61 Å². The maximum Gasteiger partial charge on any atom is 0.142 e. The normalized spacial score (nSPS) is 10.4. The third-order valence-corrected chi connectivity index (χ3v) is 2.82. The zero-order valence-corrected chi connectivity index (χ0v) is 11.4. The first-order valence-corrected chi connectivity index (χ1v) is 6.26. The quantitative estimate of drug-likeness (QED) is 0.588. The van der Waals surface area contributed by atoms with Crippen LogP contribution in [0.3, 0.4) is 0 Å². The molecule has 2 rings (SSSR count). The van der Waals surface area contributed by atoms with Gasteiger partial charge in [-0.15, -0.1) is 0 Å². The molecule has 0 heterocycles. The van der Waals surface area contributed by atoms with Crippen molar-refractivity contribution in [2.45, 2.75) is 6.61 Å². The van der Waals surface area contributed by atoms with Crippen molar-refractivity contribution < 1.29 is 9.57 Å². The van der Waals surface area contributed by atoms with Gasteiger partial charge in [0, 0.05) is 5.56 Å². The molecule has 0 fully saturated rings. The van der Waals surface area contributed by atoms with Crippen LogP contribution in [0.2, 0.25) is 0 Å². The zero-order chi connectivity index (χ0) is 14.2. The number of hydrogen-bond acceptors (Lipinski definition) is 3. The zero-order valence-electron chi connectivity index (χ0n) is 11.4. The summed E-state index contributed by atoms with van der Waals surface area (Å²) >= 11 is 0. The Bertz CT molecular complexity index is 588. The van der Waals surface area contributed by atoms with E-state index in [1.54, 1.807) is 13.2 Å². The van der Waals surface area contributed by atoms with Crippen LogP contribution in [0.25, 0.3) is 6.08 Å². The first kappa shape index (κ1) is 13.9. The van der Waals surface area contributed by atoms with Gasteiger partial charge in [0.15, 0.2) is 0 Å². The Balaban J connectivity index is 1.91. The second-order valence-corrected chi connectivity index (χ2v) is 4.11. The van der Waals surface area contributed by atoms with Gasteiger partial charge in [-0.1, -0.05) is 42.1 Å². The highest BCUT2D eigenvalue weighted by Crippen LogP contribution is 2.12. The van der Waals surface area contributed by atoms with Crippen molar-refractivity contribution in [2.75, 3.05) is 7.11 Å². The molecule has 1 radical (unpaired) electrons. The van der Waals surface area contributed by atoms with Gasteiger partial charge in [0.25, 0.3) is 0 Å². The van der Waals surface area contributed by atoms with E-state index in [0.717, 1.165) is 22.4 Å². The van der Waals surface area contributed by atoms with E-state index in [2.05, 4.69) is 17.9 Å². The van der Waals surface area contributed by atoms with Crippen LogP contribution >= 0.6 is 0 Å². The van der Waals surface area contributed by atoms with E-state index in [1.165, 1.54) is 0 Å². The van der Waals surface area contributed by atoms with E-state index in [-0.39, 0.29) is 0 Å². The van der Waals surface area contributed by atoms with Crippen LogP contribution in [0, 0.1) is 0 Å². The smallest absolute Gasteiger partial charge is 0.142 e. The Morgan fingerprint density at radius 2 is 1.90 bits per heavy atom. The molecule has 0 aromatic heterocycles. The molecule has 0 N–H and O–H groups in total. The van der Waals surface area contributed by atoms with Crippen LogP contribution in [0.1, 0.15) is 16.7 Å². The summed E-state index contributed by atoms with van der Waals surface area (Å²) in [5, 5.41) is 3.84. The van der Waals surface area contributed by atoms with E-state index in [4.69, 9.17) is 9.57 Å². The molecule has 2 aromatic carbocycles. The topological polar surface area (TPSA) is 30.8 Å². The molecule has 0 spiro atoms. The predicted molar refractivity (Wildman–Crippen MR) is 80.9 cm³/mol. The fraction of sp³-hybridized carbons (Fsp3) is 0.118. The average Bonchev–Trinajstić information content (AvgIpc) is 2.52. The average molecular weight is 266 g/mol. The van der Waals surface area contributed by atoms with Crippen LogP contribution in [-0.4, -0.2) is 13.3 Å². The summed E-state index contributed by atoms with van der Waals surface area (Å²) in [5.41, 5.74) is 2.93. The third-order valence-electron chi connectivity index (χ3n) is 2.82. The minimum Gasteiger partial charge on any atom is -0.497 e. The van der Waals surface area contributed by atoms with Crippen LogP contribution in [0.4, 0.5) is 0 Å². The fourth-order valence-electron chi connectivity index (χ4n) is 1.72. The molecule has 0 atom stereocenters. The van der Waals surface area contributed by atoms with E-state index in [1.807, 2.05) is 48.5 Å². The van der Waals surface area contributed by atoms with E-state index >= 15 is 0 Å². The molecule has 0 saturated carbocycles. The molecule has 0 aliphatic heterocycles. The Hall–Kier alpha value is -2.55. The predicted octanol–water partition coefficient (Wildman–Crippen LogP) is 3.77. The summed E-state index contributed by atoms with van der Waals surface area (Å²) in [6.45, 7) is 4.16. The standard InChI is InChI=1S/C17H16NO2/c1-3-15-6-4-5-7-16(15)13-20-18-12-14-8-10-17(19-2)11-9-14/h3-11H,1,13H2,2H3. The number of hydrogen-bond donors (Lipinski definition) is 0. The molecule has 0 amide bonds. The Labute approximate surface area is 119 Å². The largest absolute Gasteiger partial charge is 0.497 e. The van der Waals surface area contributed by atoms with Gasteiger partial charge in [-0.2, -0.15) is 0 Å². The molecule has 0 bridgehead atoms. The van der Waals surface area contributed by atoms with Crippen LogP contribution < -0.4 is 4.74 Å². The molecule has 20 heavy (non-hydrogen) atoms. The molecule has 0 aliphatic carbocycles. The highest BCUT2D eigenvalue weighted by Gasteiger charge is 1.98. The van der Waals surface area contributed by atoms with Crippen molar-refractivity contribution in [1.82, 2.24) is 0 Å². The monoisotopic (exact) mass is 266 g/mol. The van der Waals surface area contributed by atoms with Gasteiger partial charge in [0.2, 0.25) is 0 Å². The van der Waals surface area contributed by atoms with Crippen molar-refractivity contribution in [3.63, 3.8) is 0 Å².